The molecule has 0 fully saturated rings. The fourth-order valence-electron chi connectivity index (χ4n) is 2.54. The first-order chi connectivity index (χ1) is 13.3. The molecule has 3 aromatic rings. The lowest BCUT2D eigenvalue weighted by Crippen LogP contribution is -2.17. The summed E-state index contributed by atoms with van der Waals surface area (Å²) in [4.78, 5) is 20.8. The molecule has 1 aromatic carbocycles. The Balaban J connectivity index is 1.80. The van der Waals surface area contributed by atoms with Gasteiger partial charge in [0.1, 0.15) is 5.82 Å². The Kier molecular flexibility index (Phi) is 5.58. The molecule has 2 N–H and O–H groups in total. The van der Waals surface area contributed by atoms with Crippen LogP contribution >= 0.6 is 0 Å². The first-order valence-corrected chi connectivity index (χ1v) is 8.41. The number of carbonyl (C=O) groups excluding carboxylic acids is 1. The van der Waals surface area contributed by atoms with E-state index in [0.29, 0.717) is 17.9 Å². The lowest BCUT2D eigenvalue weighted by molar-refractivity contribution is -0.137. The van der Waals surface area contributed by atoms with Gasteiger partial charge in [0, 0.05) is 30.8 Å². The van der Waals surface area contributed by atoms with E-state index in [1.54, 1.807) is 31.5 Å². The first-order valence-electron chi connectivity index (χ1n) is 8.41. The minimum atomic E-state index is -4.49. The van der Waals surface area contributed by atoms with E-state index in [4.69, 9.17) is 0 Å². The maximum atomic E-state index is 12.9. The fourth-order valence-corrected chi connectivity index (χ4v) is 2.54. The zero-order chi connectivity index (χ0) is 20.1. The molecule has 0 radical (unpaired) electrons. The van der Waals surface area contributed by atoms with E-state index in [0.717, 1.165) is 17.7 Å². The molecule has 5 nitrogen and oxygen atoms in total. The molecule has 0 aliphatic heterocycles. The Hall–Kier alpha value is -3.42. The Morgan fingerprint density at radius 2 is 1.82 bits per heavy atom. The van der Waals surface area contributed by atoms with E-state index in [9.17, 15) is 18.0 Å². The van der Waals surface area contributed by atoms with Crippen LogP contribution in [-0.4, -0.2) is 15.9 Å². The number of nitrogens with zero attached hydrogens (tertiary/aromatic N) is 2. The maximum Gasteiger partial charge on any atom is 0.416 e. The Bertz CT molecular complexity index is 975. The van der Waals surface area contributed by atoms with Crippen LogP contribution in [0.3, 0.4) is 0 Å². The number of hydrogen-bond acceptors (Lipinski definition) is 4. The van der Waals surface area contributed by atoms with Gasteiger partial charge in [-0.15, -0.1) is 0 Å². The predicted octanol–water partition coefficient (Wildman–Crippen LogP) is 4.67. The minimum Gasteiger partial charge on any atom is -0.365 e. The van der Waals surface area contributed by atoms with Gasteiger partial charge in [0.2, 0.25) is 0 Å². The van der Waals surface area contributed by atoms with Gasteiger partial charge in [-0.25, -0.2) is 4.98 Å². The lowest BCUT2D eigenvalue weighted by Gasteiger charge is -2.14. The smallest absolute Gasteiger partial charge is 0.365 e. The topological polar surface area (TPSA) is 66.9 Å². The molecular weight excluding hydrogens is 369 g/mol. The maximum absolute atomic E-state index is 12.9. The SMILES string of the molecule is Cc1ccc(C(F)(F)F)cc1NC(=O)c1cccnc1NCc1ccncc1. The van der Waals surface area contributed by atoms with Gasteiger partial charge in [0.05, 0.1) is 11.1 Å². The summed E-state index contributed by atoms with van der Waals surface area (Å²) in [6.45, 7) is 2.05. The van der Waals surface area contributed by atoms with E-state index in [1.165, 1.54) is 12.3 Å². The number of pyridine rings is 2. The van der Waals surface area contributed by atoms with Crippen molar-refractivity contribution in [3.63, 3.8) is 0 Å². The van der Waals surface area contributed by atoms with Gasteiger partial charge in [0.25, 0.3) is 5.91 Å². The van der Waals surface area contributed by atoms with Crippen LogP contribution in [0.5, 0.6) is 0 Å². The number of aromatic nitrogens is 2. The lowest BCUT2D eigenvalue weighted by atomic mass is 10.1. The monoisotopic (exact) mass is 386 g/mol. The quantitative estimate of drug-likeness (QED) is 0.669. The Morgan fingerprint density at radius 1 is 1.07 bits per heavy atom. The van der Waals surface area contributed by atoms with Crippen molar-refractivity contribution in [1.82, 2.24) is 9.97 Å². The van der Waals surface area contributed by atoms with E-state index in [1.807, 2.05) is 12.1 Å². The van der Waals surface area contributed by atoms with Gasteiger partial charge in [-0.05, 0) is 54.4 Å². The van der Waals surface area contributed by atoms with Crippen molar-refractivity contribution in [2.24, 2.45) is 0 Å². The molecule has 8 heteroatoms. The second kappa shape index (κ2) is 8.08. The standard InChI is InChI=1S/C20H17F3N4O/c1-13-4-5-15(20(21,22)23)11-17(13)27-19(28)16-3-2-8-25-18(16)26-12-14-6-9-24-10-7-14/h2-11H,12H2,1H3,(H,25,26)(H,27,28). The number of nitrogens with one attached hydrogen (secondary N) is 2. The number of halogens is 3. The molecule has 0 aliphatic rings. The molecule has 0 saturated carbocycles. The van der Waals surface area contributed by atoms with Gasteiger partial charge in [-0.1, -0.05) is 6.07 Å². The fraction of sp³-hybridized carbons (Fsp3) is 0.150. The summed E-state index contributed by atoms with van der Waals surface area (Å²) >= 11 is 0. The van der Waals surface area contributed by atoms with Crippen molar-refractivity contribution < 1.29 is 18.0 Å². The Morgan fingerprint density at radius 3 is 2.54 bits per heavy atom. The van der Waals surface area contributed by atoms with Gasteiger partial charge < -0.3 is 10.6 Å². The van der Waals surface area contributed by atoms with Crippen LogP contribution in [0.2, 0.25) is 0 Å². The molecule has 28 heavy (non-hydrogen) atoms. The normalized spacial score (nSPS) is 11.1. The van der Waals surface area contributed by atoms with Crippen LogP contribution < -0.4 is 10.6 Å². The zero-order valence-corrected chi connectivity index (χ0v) is 14.9. The number of rotatable bonds is 5. The molecule has 0 atom stereocenters. The number of anilines is 2. The Labute approximate surface area is 159 Å². The second-order valence-corrected chi connectivity index (χ2v) is 6.09. The molecule has 0 saturated heterocycles. The summed E-state index contributed by atoms with van der Waals surface area (Å²) in [5, 5.41) is 5.62. The highest BCUT2D eigenvalue weighted by Gasteiger charge is 2.31. The molecule has 1 amide bonds. The zero-order valence-electron chi connectivity index (χ0n) is 14.9. The summed E-state index contributed by atoms with van der Waals surface area (Å²) in [6, 6.07) is 10.0. The van der Waals surface area contributed by atoms with Crippen molar-refractivity contribution in [3.05, 3.63) is 83.3 Å². The number of carbonyl (C=O) groups is 1. The van der Waals surface area contributed by atoms with Gasteiger partial charge in [-0.2, -0.15) is 13.2 Å². The highest BCUT2D eigenvalue weighted by atomic mass is 19.4. The third-order valence-electron chi connectivity index (χ3n) is 4.07. The van der Waals surface area contributed by atoms with Crippen LogP contribution in [0.15, 0.2) is 61.1 Å². The summed E-state index contributed by atoms with van der Waals surface area (Å²) in [5.41, 5.74) is 0.977. The van der Waals surface area contributed by atoms with E-state index in [2.05, 4.69) is 20.6 Å². The molecule has 2 heterocycles. The number of aryl methyl sites for hydroxylation is 1. The summed E-state index contributed by atoms with van der Waals surface area (Å²) in [6.07, 6.45) is 0.346. The number of alkyl halides is 3. The van der Waals surface area contributed by atoms with Crippen LogP contribution in [0.25, 0.3) is 0 Å². The third kappa shape index (κ3) is 4.64. The molecule has 0 unspecified atom stereocenters. The highest BCUT2D eigenvalue weighted by Crippen LogP contribution is 2.32. The van der Waals surface area contributed by atoms with Crippen LogP contribution in [0.4, 0.5) is 24.7 Å². The average molecular weight is 386 g/mol. The van der Waals surface area contributed by atoms with Crippen LogP contribution in [0, 0.1) is 6.92 Å². The molecule has 3 rings (SSSR count). The average Bonchev–Trinajstić information content (AvgIpc) is 2.68. The van der Waals surface area contributed by atoms with Crippen molar-refractivity contribution in [1.29, 1.82) is 0 Å². The molecule has 0 spiro atoms. The number of amides is 1. The first kappa shape index (κ1) is 19.3. The van der Waals surface area contributed by atoms with Crippen molar-refractivity contribution >= 4 is 17.4 Å². The second-order valence-electron chi connectivity index (χ2n) is 6.09. The van der Waals surface area contributed by atoms with Crippen LogP contribution in [-0.2, 0) is 12.7 Å². The summed E-state index contributed by atoms with van der Waals surface area (Å²) in [5.74, 6) is -0.214. The van der Waals surface area contributed by atoms with Crippen LogP contribution in [0.1, 0.15) is 27.0 Å². The van der Waals surface area contributed by atoms with Gasteiger partial charge in [0.15, 0.2) is 0 Å². The van der Waals surface area contributed by atoms with E-state index in [-0.39, 0.29) is 11.3 Å². The molecule has 0 aliphatic carbocycles. The molecule has 144 valence electrons. The summed E-state index contributed by atoms with van der Waals surface area (Å²) in [7, 11) is 0. The van der Waals surface area contributed by atoms with E-state index < -0.39 is 17.6 Å². The number of benzene rings is 1. The minimum absolute atomic E-state index is 0.101. The van der Waals surface area contributed by atoms with Crippen molar-refractivity contribution in [2.75, 3.05) is 10.6 Å². The highest BCUT2D eigenvalue weighted by molar-refractivity contribution is 6.07. The molecular formula is C20H17F3N4O. The molecule has 2 aromatic heterocycles. The van der Waals surface area contributed by atoms with E-state index >= 15 is 0 Å². The molecule has 0 bridgehead atoms. The predicted molar refractivity (Wildman–Crippen MR) is 99.9 cm³/mol. The van der Waals surface area contributed by atoms with Crippen molar-refractivity contribution in [3.8, 4) is 0 Å². The van der Waals surface area contributed by atoms with Crippen molar-refractivity contribution in [2.45, 2.75) is 19.6 Å². The number of hydrogen-bond donors (Lipinski definition) is 2. The summed E-state index contributed by atoms with van der Waals surface area (Å²) < 4.78 is 38.8. The third-order valence-corrected chi connectivity index (χ3v) is 4.07. The van der Waals surface area contributed by atoms with Gasteiger partial charge >= 0.3 is 6.18 Å². The van der Waals surface area contributed by atoms with Gasteiger partial charge in [-0.3, -0.25) is 9.78 Å². The largest absolute Gasteiger partial charge is 0.416 e.